The number of piperazine rings is 1. The number of rotatable bonds is 1. The Morgan fingerprint density at radius 3 is 2.47 bits per heavy atom. The van der Waals surface area contributed by atoms with Gasteiger partial charge in [-0.15, -0.1) is 0 Å². The summed E-state index contributed by atoms with van der Waals surface area (Å²) < 4.78 is 6.04. The molecule has 0 aliphatic carbocycles. The van der Waals surface area contributed by atoms with Crippen LogP contribution in [0.15, 0.2) is 6.07 Å². The van der Waals surface area contributed by atoms with Gasteiger partial charge in [-0.2, -0.15) is 0 Å². The van der Waals surface area contributed by atoms with Crippen LogP contribution in [0.5, 0.6) is 5.75 Å². The number of likely N-dealkylation sites (N-methyl/N-ethyl adjacent to an activating group) is 1. The smallest absolute Gasteiger partial charge is 0.166 e. The first-order valence-electron chi connectivity index (χ1n) is 7.12. The normalized spacial score (nSPS) is 19.1. The Morgan fingerprint density at radius 2 is 1.74 bits per heavy atom. The van der Waals surface area contributed by atoms with Crippen LogP contribution in [0.2, 0.25) is 0 Å². The SMILES string of the molecule is Cc1cc(C)c(N2CCNCC2)c2c1N(C)CCO2. The van der Waals surface area contributed by atoms with Crippen LogP contribution in [0.25, 0.3) is 0 Å². The van der Waals surface area contributed by atoms with Gasteiger partial charge in [-0.3, -0.25) is 0 Å². The van der Waals surface area contributed by atoms with Crippen molar-refractivity contribution in [2.45, 2.75) is 13.8 Å². The number of anilines is 2. The van der Waals surface area contributed by atoms with Crippen molar-refractivity contribution in [2.75, 3.05) is 56.2 Å². The number of fused-ring (bicyclic) bond motifs is 1. The zero-order chi connectivity index (χ0) is 13.4. The number of aryl methyl sites for hydroxylation is 2. The van der Waals surface area contributed by atoms with Crippen LogP contribution in [0.1, 0.15) is 11.1 Å². The molecule has 0 spiro atoms. The lowest BCUT2D eigenvalue weighted by Crippen LogP contribution is -2.44. The third-order valence-electron chi connectivity index (χ3n) is 4.10. The molecule has 0 amide bonds. The molecule has 0 radical (unpaired) electrons. The predicted octanol–water partition coefficient (Wildman–Crippen LogP) is 1.54. The largest absolute Gasteiger partial charge is 0.487 e. The molecule has 1 aromatic carbocycles. The van der Waals surface area contributed by atoms with E-state index >= 15 is 0 Å². The lowest BCUT2D eigenvalue weighted by molar-refractivity contribution is 0.310. The Hall–Kier alpha value is -1.42. The molecule has 4 heteroatoms. The summed E-state index contributed by atoms with van der Waals surface area (Å²) in [5, 5.41) is 3.41. The van der Waals surface area contributed by atoms with E-state index in [1.165, 1.54) is 22.5 Å². The lowest BCUT2D eigenvalue weighted by atomic mass is 10.0. The van der Waals surface area contributed by atoms with E-state index in [1.807, 2.05) is 0 Å². The summed E-state index contributed by atoms with van der Waals surface area (Å²) in [7, 11) is 2.16. The number of hydrogen-bond acceptors (Lipinski definition) is 4. The second kappa shape index (κ2) is 4.93. The van der Waals surface area contributed by atoms with E-state index in [-0.39, 0.29) is 0 Å². The fraction of sp³-hybridized carbons (Fsp3) is 0.600. The van der Waals surface area contributed by atoms with Gasteiger partial charge in [0.2, 0.25) is 0 Å². The van der Waals surface area contributed by atoms with Crippen molar-refractivity contribution >= 4 is 11.4 Å². The van der Waals surface area contributed by atoms with Crippen LogP contribution >= 0.6 is 0 Å². The molecule has 0 atom stereocenters. The van der Waals surface area contributed by atoms with E-state index in [1.54, 1.807) is 0 Å². The highest BCUT2D eigenvalue weighted by Crippen LogP contribution is 2.44. The van der Waals surface area contributed by atoms with Gasteiger partial charge in [0.25, 0.3) is 0 Å². The molecule has 1 N–H and O–H groups in total. The van der Waals surface area contributed by atoms with E-state index < -0.39 is 0 Å². The van der Waals surface area contributed by atoms with Crippen LogP contribution in [0.4, 0.5) is 11.4 Å². The fourth-order valence-corrected chi connectivity index (χ4v) is 3.22. The van der Waals surface area contributed by atoms with Gasteiger partial charge < -0.3 is 19.9 Å². The second-order valence-corrected chi connectivity index (χ2v) is 5.54. The standard InChI is InChI=1S/C15H23N3O/c1-11-10-12(2)14(18-6-4-16-5-7-18)15-13(11)17(3)8-9-19-15/h10,16H,4-9H2,1-3H3. The van der Waals surface area contributed by atoms with Crippen molar-refractivity contribution in [3.8, 4) is 5.75 Å². The Labute approximate surface area is 115 Å². The molecular formula is C15H23N3O. The van der Waals surface area contributed by atoms with Crippen molar-refractivity contribution in [1.82, 2.24) is 5.32 Å². The Morgan fingerprint density at radius 1 is 1.05 bits per heavy atom. The van der Waals surface area contributed by atoms with Crippen LogP contribution in [0, 0.1) is 13.8 Å². The van der Waals surface area contributed by atoms with Crippen molar-refractivity contribution in [3.05, 3.63) is 17.2 Å². The van der Waals surface area contributed by atoms with Crippen LogP contribution in [-0.2, 0) is 0 Å². The van der Waals surface area contributed by atoms with Gasteiger partial charge in [0.15, 0.2) is 5.75 Å². The van der Waals surface area contributed by atoms with E-state index in [2.05, 4.69) is 42.1 Å². The molecule has 0 unspecified atom stereocenters. The molecule has 3 rings (SSSR count). The molecule has 2 aliphatic rings. The molecule has 2 heterocycles. The van der Waals surface area contributed by atoms with Crippen LogP contribution in [0.3, 0.4) is 0 Å². The summed E-state index contributed by atoms with van der Waals surface area (Å²) in [6.07, 6.45) is 0. The quantitative estimate of drug-likeness (QED) is 0.830. The van der Waals surface area contributed by atoms with Gasteiger partial charge in [0, 0.05) is 33.2 Å². The zero-order valence-corrected chi connectivity index (χ0v) is 12.1. The van der Waals surface area contributed by atoms with E-state index in [9.17, 15) is 0 Å². The molecule has 104 valence electrons. The summed E-state index contributed by atoms with van der Waals surface area (Å²) >= 11 is 0. The first kappa shape index (κ1) is 12.6. The van der Waals surface area contributed by atoms with E-state index in [4.69, 9.17) is 4.74 Å². The summed E-state index contributed by atoms with van der Waals surface area (Å²) in [5.41, 5.74) is 5.21. The first-order chi connectivity index (χ1) is 9.18. The molecule has 0 saturated carbocycles. The third kappa shape index (κ3) is 2.14. The molecule has 0 aromatic heterocycles. The second-order valence-electron chi connectivity index (χ2n) is 5.54. The molecule has 1 saturated heterocycles. The minimum absolute atomic E-state index is 0.783. The minimum atomic E-state index is 0.783. The highest BCUT2D eigenvalue weighted by molar-refractivity contribution is 5.79. The molecular weight excluding hydrogens is 238 g/mol. The third-order valence-corrected chi connectivity index (χ3v) is 4.10. The van der Waals surface area contributed by atoms with Crippen molar-refractivity contribution in [3.63, 3.8) is 0 Å². The molecule has 2 aliphatic heterocycles. The maximum atomic E-state index is 6.04. The predicted molar refractivity (Wildman–Crippen MR) is 79.8 cm³/mol. The number of hydrogen-bond donors (Lipinski definition) is 1. The van der Waals surface area contributed by atoms with Crippen molar-refractivity contribution in [1.29, 1.82) is 0 Å². The molecule has 19 heavy (non-hydrogen) atoms. The van der Waals surface area contributed by atoms with E-state index in [0.29, 0.717) is 0 Å². The number of benzene rings is 1. The molecule has 0 bridgehead atoms. The molecule has 4 nitrogen and oxygen atoms in total. The topological polar surface area (TPSA) is 27.7 Å². The average Bonchev–Trinajstić information content (AvgIpc) is 2.39. The zero-order valence-electron chi connectivity index (χ0n) is 12.1. The highest BCUT2D eigenvalue weighted by atomic mass is 16.5. The monoisotopic (exact) mass is 261 g/mol. The van der Waals surface area contributed by atoms with Gasteiger partial charge in [-0.05, 0) is 25.0 Å². The van der Waals surface area contributed by atoms with Gasteiger partial charge >= 0.3 is 0 Å². The Kier molecular flexibility index (Phi) is 3.27. The number of ether oxygens (including phenoxy) is 1. The number of nitrogens with one attached hydrogen (secondary N) is 1. The maximum Gasteiger partial charge on any atom is 0.166 e. The van der Waals surface area contributed by atoms with E-state index in [0.717, 1.165) is 45.1 Å². The van der Waals surface area contributed by atoms with Gasteiger partial charge in [-0.1, -0.05) is 6.07 Å². The van der Waals surface area contributed by atoms with Crippen molar-refractivity contribution < 1.29 is 4.74 Å². The summed E-state index contributed by atoms with van der Waals surface area (Å²) in [5.74, 6) is 1.09. The lowest BCUT2D eigenvalue weighted by Gasteiger charge is -2.37. The van der Waals surface area contributed by atoms with Crippen molar-refractivity contribution in [2.24, 2.45) is 0 Å². The van der Waals surface area contributed by atoms with Crippen LogP contribution in [-0.4, -0.2) is 46.4 Å². The Balaban J connectivity index is 2.10. The average molecular weight is 261 g/mol. The summed E-state index contributed by atoms with van der Waals surface area (Å²) in [6, 6.07) is 2.29. The summed E-state index contributed by atoms with van der Waals surface area (Å²) in [6.45, 7) is 10.4. The molecule has 1 fully saturated rings. The van der Waals surface area contributed by atoms with Gasteiger partial charge in [0.05, 0.1) is 17.9 Å². The number of nitrogens with zero attached hydrogens (tertiary/aromatic N) is 2. The Bertz CT molecular complexity index is 481. The fourth-order valence-electron chi connectivity index (χ4n) is 3.22. The highest BCUT2D eigenvalue weighted by Gasteiger charge is 2.26. The first-order valence-corrected chi connectivity index (χ1v) is 7.12. The van der Waals surface area contributed by atoms with Gasteiger partial charge in [0.1, 0.15) is 6.61 Å². The van der Waals surface area contributed by atoms with Crippen LogP contribution < -0.4 is 19.9 Å². The summed E-state index contributed by atoms with van der Waals surface area (Å²) in [4.78, 5) is 4.78. The molecule has 1 aromatic rings. The minimum Gasteiger partial charge on any atom is -0.487 e. The maximum absolute atomic E-state index is 6.04. The van der Waals surface area contributed by atoms with Gasteiger partial charge in [-0.25, -0.2) is 0 Å².